The molecular weight excluding hydrogens is 198 g/mol. The molecule has 0 aliphatic carbocycles. The molecule has 0 spiro atoms. The van der Waals surface area contributed by atoms with Gasteiger partial charge < -0.3 is 10.4 Å². The van der Waals surface area contributed by atoms with Crippen LogP contribution in [0.3, 0.4) is 0 Å². The summed E-state index contributed by atoms with van der Waals surface area (Å²) in [5.74, 6) is 0. The van der Waals surface area contributed by atoms with Crippen LogP contribution in [-0.2, 0) is 5.60 Å². The quantitative estimate of drug-likeness (QED) is 0.815. The van der Waals surface area contributed by atoms with E-state index in [1.807, 2.05) is 37.3 Å². The van der Waals surface area contributed by atoms with E-state index in [0.717, 1.165) is 24.9 Å². The summed E-state index contributed by atoms with van der Waals surface area (Å²) in [5.41, 5.74) is 0.332. The summed E-state index contributed by atoms with van der Waals surface area (Å²) < 4.78 is 0. The standard InChI is InChI=1S/C14H21NO/c1-14(16,12-6-3-2-4-7-12)10-9-13-8-5-11-15-13/h2-4,6-7,13,15-16H,5,8-11H2,1H3/t13-,14?/m0/s1. The Hall–Kier alpha value is -0.860. The van der Waals surface area contributed by atoms with Gasteiger partial charge in [-0.2, -0.15) is 0 Å². The highest BCUT2D eigenvalue weighted by Gasteiger charge is 2.25. The van der Waals surface area contributed by atoms with Gasteiger partial charge in [-0.05, 0) is 44.7 Å². The van der Waals surface area contributed by atoms with Crippen LogP contribution < -0.4 is 5.32 Å². The van der Waals surface area contributed by atoms with E-state index in [-0.39, 0.29) is 0 Å². The molecule has 0 aromatic heterocycles. The van der Waals surface area contributed by atoms with Crippen molar-refractivity contribution in [3.8, 4) is 0 Å². The molecule has 1 fully saturated rings. The van der Waals surface area contributed by atoms with Gasteiger partial charge in [0, 0.05) is 6.04 Å². The third-order valence-electron chi connectivity index (χ3n) is 3.54. The van der Waals surface area contributed by atoms with Crippen molar-refractivity contribution in [2.75, 3.05) is 6.54 Å². The third-order valence-corrected chi connectivity index (χ3v) is 3.54. The lowest BCUT2D eigenvalue weighted by atomic mass is 9.89. The minimum atomic E-state index is -0.689. The lowest BCUT2D eigenvalue weighted by Gasteiger charge is -2.25. The molecule has 2 heteroatoms. The molecule has 1 aliphatic heterocycles. The van der Waals surface area contributed by atoms with Gasteiger partial charge in [0.1, 0.15) is 0 Å². The van der Waals surface area contributed by atoms with Crippen LogP contribution in [0.1, 0.15) is 38.2 Å². The molecule has 0 saturated carbocycles. The minimum absolute atomic E-state index is 0.607. The SMILES string of the molecule is CC(O)(CC[C@@H]1CCCN1)c1ccccc1. The molecule has 1 aromatic carbocycles. The number of nitrogens with one attached hydrogen (secondary N) is 1. The van der Waals surface area contributed by atoms with E-state index in [1.54, 1.807) is 0 Å². The highest BCUT2D eigenvalue weighted by Crippen LogP contribution is 2.27. The number of benzene rings is 1. The van der Waals surface area contributed by atoms with Gasteiger partial charge in [-0.1, -0.05) is 30.3 Å². The minimum Gasteiger partial charge on any atom is -0.385 e. The van der Waals surface area contributed by atoms with Crippen molar-refractivity contribution in [2.45, 2.75) is 44.2 Å². The highest BCUT2D eigenvalue weighted by atomic mass is 16.3. The molecule has 2 nitrogen and oxygen atoms in total. The van der Waals surface area contributed by atoms with Crippen LogP contribution >= 0.6 is 0 Å². The number of hydrogen-bond acceptors (Lipinski definition) is 2. The molecule has 88 valence electrons. The summed E-state index contributed by atoms with van der Waals surface area (Å²) in [6, 6.07) is 10.6. The first-order valence-electron chi connectivity index (χ1n) is 6.20. The maximum Gasteiger partial charge on any atom is 0.0869 e. The Balaban J connectivity index is 1.92. The largest absolute Gasteiger partial charge is 0.385 e. The Kier molecular flexibility index (Phi) is 3.62. The third kappa shape index (κ3) is 2.83. The van der Waals surface area contributed by atoms with E-state index >= 15 is 0 Å². The first-order chi connectivity index (χ1) is 7.68. The highest BCUT2D eigenvalue weighted by molar-refractivity contribution is 5.21. The fourth-order valence-electron chi connectivity index (χ4n) is 2.40. The summed E-state index contributed by atoms with van der Waals surface area (Å²) in [7, 11) is 0. The van der Waals surface area contributed by atoms with Gasteiger partial charge in [0.15, 0.2) is 0 Å². The fraction of sp³-hybridized carbons (Fsp3) is 0.571. The lowest BCUT2D eigenvalue weighted by molar-refractivity contribution is 0.0430. The van der Waals surface area contributed by atoms with Crippen molar-refractivity contribution >= 4 is 0 Å². The Morgan fingerprint density at radius 1 is 1.38 bits per heavy atom. The summed E-state index contributed by atoms with van der Waals surface area (Å²) >= 11 is 0. The topological polar surface area (TPSA) is 32.3 Å². The van der Waals surface area contributed by atoms with Crippen LogP contribution in [0.15, 0.2) is 30.3 Å². The summed E-state index contributed by atoms with van der Waals surface area (Å²) in [6.45, 7) is 3.05. The smallest absolute Gasteiger partial charge is 0.0869 e. The molecule has 1 unspecified atom stereocenters. The van der Waals surface area contributed by atoms with Gasteiger partial charge in [-0.25, -0.2) is 0 Å². The maximum atomic E-state index is 10.4. The van der Waals surface area contributed by atoms with Gasteiger partial charge in [-0.15, -0.1) is 0 Å². The average molecular weight is 219 g/mol. The van der Waals surface area contributed by atoms with Crippen LogP contribution in [0.2, 0.25) is 0 Å². The van der Waals surface area contributed by atoms with Crippen LogP contribution in [0.4, 0.5) is 0 Å². The Bertz CT molecular complexity index is 315. The predicted octanol–water partition coefficient (Wildman–Crippen LogP) is 2.43. The second-order valence-corrected chi connectivity index (χ2v) is 4.97. The van der Waals surface area contributed by atoms with Gasteiger partial charge in [-0.3, -0.25) is 0 Å². The Morgan fingerprint density at radius 3 is 2.75 bits per heavy atom. The van der Waals surface area contributed by atoms with E-state index in [1.165, 1.54) is 12.8 Å². The molecule has 0 amide bonds. The zero-order valence-corrected chi connectivity index (χ0v) is 9.95. The Labute approximate surface area is 97.7 Å². The normalized spacial score (nSPS) is 24.2. The van der Waals surface area contributed by atoms with Crippen LogP contribution in [0, 0.1) is 0 Å². The summed E-state index contributed by atoms with van der Waals surface area (Å²) in [6.07, 6.45) is 4.42. The van der Waals surface area contributed by atoms with Gasteiger partial charge in [0.2, 0.25) is 0 Å². The van der Waals surface area contributed by atoms with Crippen molar-refractivity contribution < 1.29 is 5.11 Å². The van der Waals surface area contributed by atoms with Gasteiger partial charge in [0.25, 0.3) is 0 Å². The second kappa shape index (κ2) is 4.98. The first kappa shape index (κ1) is 11.6. The molecule has 2 atom stereocenters. The van der Waals surface area contributed by atoms with Crippen molar-refractivity contribution in [1.82, 2.24) is 5.32 Å². The number of aliphatic hydroxyl groups is 1. The lowest BCUT2D eigenvalue weighted by Crippen LogP contribution is -2.27. The molecule has 16 heavy (non-hydrogen) atoms. The van der Waals surface area contributed by atoms with E-state index in [9.17, 15) is 5.11 Å². The van der Waals surface area contributed by atoms with Crippen molar-refractivity contribution in [2.24, 2.45) is 0 Å². The van der Waals surface area contributed by atoms with E-state index in [4.69, 9.17) is 0 Å². The molecule has 0 radical (unpaired) electrons. The molecule has 1 heterocycles. The van der Waals surface area contributed by atoms with E-state index in [0.29, 0.717) is 6.04 Å². The summed E-state index contributed by atoms with van der Waals surface area (Å²) in [5, 5.41) is 13.9. The van der Waals surface area contributed by atoms with Crippen LogP contribution in [-0.4, -0.2) is 17.7 Å². The zero-order valence-electron chi connectivity index (χ0n) is 9.95. The number of hydrogen-bond donors (Lipinski definition) is 2. The predicted molar refractivity (Wildman–Crippen MR) is 66.3 cm³/mol. The van der Waals surface area contributed by atoms with Gasteiger partial charge in [0.05, 0.1) is 5.60 Å². The van der Waals surface area contributed by atoms with Gasteiger partial charge >= 0.3 is 0 Å². The van der Waals surface area contributed by atoms with Crippen molar-refractivity contribution in [3.05, 3.63) is 35.9 Å². The van der Waals surface area contributed by atoms with E-state index in [2.05, 4.69) is 5.32 Å². The molecule has 2 N–H and O–H groups in total. The monoisotopic (exact) mass is 219 g/mol. The average Bonchev–Trinajstić information content (AvgIpc) is 2.81. The Morgan fingerprint density at radius 2 is 2.12 bits per heavy atom. The van der Waals surface area contributed by atoms with Crippen molar-refractivity contribution in [3.63, 3.8) is 0 Å². The maximum absolute atomic E-state index is 10.4. The molecule has 0 bridgehead atoms. The molecule has 1 aliphatic rings. The van der Waals surface area contributed by atoms with Crippen molar-refractivity contribution in [1.29, 1.82) is 0 Å². The molecular formula is C14H21NO. The second-order valence-electron chi connectivity index (χ2n) is 4.97. The van der Waals surface area contributed by atoms with Crippen LogP contribution in [0.5, 0.6) is 0 Å². The first-order valence-corrected chi connectivity index (χ1v) is 6.20. The van der Waals surface area contributed by atoms with E-state index < -0.39 is 5.60 Å². The fourth-order valence-corrected chi connectivity index (χ4v) is 2.40. The molecule has 2 rings (SSSR count). The van der Waals surface area contributed by atoms with Crippen LogP contribution in [0.25, 0.3) is 0 Å². The number of rotatable bonds is 4. The zero-order chi connectivity index (χ0) is 11.4. The molecule has 1 aromatic rings. The summed E-state index contributed by atoms with van der Waals surface area (Å²) in [4.78, 5) is 0. The molecule has 1 saturated heterocycles.